The highest BCUT2D eigenvalue weighted by Crippen LogP contribution is 2.17. The molecule has 0 radical (unpaired) electrons. The lowest BCUT2D eigenvalue weighted by Gasteiger charge is -2.29. The molecule has 0 aromatic heterocycles. The summed E-state index contributed by atoms with van der Waals surface area (Å²) in [7, 11) is 0. The van der Waals surface area contributed by atoms with Crippen molar-refractivity contribution in [1.29, 1.82) is 0 Å². The van der Waals surface area contributed by atoms with E-state index < -0.39 is 6.04 Å². The molecule has 0 bridgehead atoms. The minimum absolute atomic E-state index is 0.0474. The first kappa shape index (κ1) is 23.1. The van der Waals surface area contributed by atoms with Crippen molar-refractivity contribution in [3.05, 3.63) is 69.2 Å². The fourth-order valence-corrected chi connectivity index (χ4v) is 3.34. The fraction of sp³-hybridized carbons (Fsp3) is 0.417. The van der Waals surface area contributed by atoms with Crippen molar-refractivity contribution < 1.29 is 9.59 Å². The maximum Gasteiger partial charge on any atom is 0.242 e. The third-order valence-electron chi connectivity index (χ3n) is 4.96. The van der Waals surface area contributed by atoms with Gasteiger partial charge in [0, 0.05) is 17.6 Å². The third kappa shape index (κ3) is 7.00. The molecule has 29 heavy (non-hydrogen) atoms. The summed E-state index contributed by atoms with van der Waals surface area (Å²) < 4.78 is 0.984. The van der Waals surface area contributed by atoms with Crippen LogP contribution in [0.3, 0.4) is 0 Å². The van der Waals surface area contributed by atoms with Gasteiger partial charge in [-0.3, -0.25) is 9.59 Å². The highest BCUT2D eigenvalue weighted by molar-refractivity contribution is 9.10. The predicted octanol–water partition coefficient (Wildman–Crippen LogP) is 4.80. The number of hydrogen-bond acceptors (Lipinski definition) is 2. The fourth-order valence-electron chi connectivity index (χ4n) is 3.08. The number of benzene rings is 2. The van der Waals surface area contributed by atoms with Gasteiger partial charge in [-0.1, -0.05) is 65.7 Å². The molecule has 0 heterocycles. The number of halogens is 1. The van der Waals surface area contributed by atoms with E-state index >= 15 is 0 Å². The van der Waals surface area contributed by atoms with Crippen molar-refractivity contribution in [3.8, 4) is 0 Å². The Kier molecular flexibility index (Phi) is 8.45. The lowest BCUT2D eigenvalue weighted by Crippen LogP contribution is -2.48. The number of amides is 2. The normalized spacial score (nSPS) is 12.0. The summed E-state index contributed by atoms with van der Waals surface area (Å²) in [6.45, 7) is 10.9. The van der Waals surface area contributed by atoms with Crippen molar-refractivity contribution in [2.75, 3.05) is 6.54 Å². The Bertz CT molecular complexity index is 846. The summed E-state index contributed by atoms with van der Waals surface area (Å²) in [6, 6.07) is 13.4. The molecule has 0 aliphatic heterocycles. The van der Waals surface area contributed by atoms with Crippen LogP contribution in [0, 0.1) is 19.8 Å². The summed E-state index contributed by atoms with van der Waals surface area (Å²) >= 11 is 3.44. The molecule has 1 N–H and O–H groups in total. The van der Waals surface area contributed by atoms with Gasteiger partial charge >= 0.3 is 0 Å². The zero-order valence-corrected chi connectivity index (χ0v) is 19.5. The number of hydrogen-bond donors (Lipinski definition) is 1. The van der Waals surface area contributed by atoms with Gasteiger partial charge in [-0.05, 0) is 55.5 Å². The van der Waals surface area contributed by atoms with Crippen LogP contribution in [0.4, 0.5) is 0 Å². The summed E-state index contributed by atoms with van der Waals surface area (Å²) in [5.41, 5.74) is 4.21. The zero-order chi connectivity index (χ0) is 21.6. The first-order valence-corrected chi connectivity index (χ1v) is 10.8. The van der Waals surface area contributed by atoms with E-state index in [9.17, 15) is 9.59 Å². The quantitative estimate of drug-likeness (QED) is 0.617. The molecule has 0 saturated carbocycles. The van der Waals surface area contributed by atoms with Gasteiger partial charge in [-0.25, -0.2) is 0 Å². The van der Waals surface area contributed by atoms with Crippen LogP contribution in [0.25, 0.3) is 0 Å². The third-order valence-corrected chi connectivity index (χ3v) is 5.49. The molecular formula is C24H31BrN2O2. The van der Waals surface area contributed by atoms with Crippen LogP contribution in [-0.2, 0) is 22.6 Å². The first-order valence-electron chi connectivity index (χ1n) is 10.0. The van der Waals surface area contributed by atoms with E-state index in [1.165, 1.54) is 0 Å². The number of carbonyl (C=O) groups excluding carboxylic acids is 2. The van der Waals surface area contributed by atoms with Crippen molar-refractivity contribution in [1.82, 2.24) is 10.2 Å². The second-order valence-electron chi connectivity index (χ2n) is 8.07. The molecule has 2 aromatic carbocycles. The van der Waals surface area contributed by atoms with E-state index in [0.29, 0.717) is 19.0 Å². The maximum atomic E-state index is 13.3. The van der Waals surface area contributed by atoms with Gasteiger partial charge in [0.25, 0.3) is 0 Å². The molecular weight excluding hydrogens is 428 g/mol. The molecule has 156 valence electrons. The number of nitrogens with one attached hydrogen (secondary N) is 1. The van der Waals surface area contributed by atoms with Crippen LogP contribution in [0.5, 0.6) is 0 Å². The largest absolute Gasteiger partial charge is 0.354 e. The van der Waals surface area contributed by atoms with Gasteiger partial charge in [-0.15, -0.1) is 0 Å². The predicted molar refractivity (Wildman–Crippen MR) is 122 cm³/mol. The van der Waals surface area contributed by atoms with Crippen molar-refractivity contribution in [2.24, 2.45) is 5.92 Å². The highest BCUT2D eigenvalue weighted by atomic mass is 79.9. The van der Waals surface area contributed by atoms with Crippen molar-refractivity contribution >= 4 is 27.7 Å². The van der Waals surface area contributed by atoms with Crippen LogP contribution in [0.1, 0.15) is 43.0 Å². The van der Waals surface area contributed by atoms with Crippen molar-refractivity contribution in [3.63, 3.8) is 0 Å². The number of aryl methyl sites for hydroxylation is 2. The molecule has 2 amide bonds. The minimum atomic E-state index is -0.546. The molecule has 0 fully saturated rings. The van der Waals surface area contributed by atoms with Gasteiger partial charge < -0.3 is 10.2 Å². The van der Waals surface area contributed by atoms with Crippen LogP contribution in [-0.4, -0.2) is 29.3 Å². The Morgan fingerprint density at radius 1 is 1.03 bits per heavy atom. The number of rotatable bonds is 8. The molecule has 0 saturated heterocycles. The Morgan fingerprint density at radius 3 is 2.31 bits per heavy atom. The lowest BCUT2D eigenvalue weighted by molar-refractivity contribution is -0.140. The summed E-state index contributed by atoms with van der Waals surface area (Å²) in [5, 5.41) is 2.96. The maximum absolute atomic E-state index is 13.3. The van der Waals surface area contributed by atoms with Crippen molar-refractivity contribution in [2.45, 2.75) is 53.6 Å². The number of nitrogens with zero attached hydrogens (tertiary/aromatic N) is 1. The standard InChI is InChI=1S/C24H31BrN2O2/c1-16(2)14-26-24(29)19(5)27(15-20-8-10-22(25)11-9-20)23(28)13-21-12-17(3)6-7-18(21)4/h6-12,16,19H,13-15H2,1-5H3,(H,26,29)/t19-/m0/s1. The lowest BCUT2D eigenvalue weighted by atomic mass is 10.0. The van der Waals surface area contributed by atoms with Crippen LogP contribution in [0.15, 0.2) is 46.9 Å². The molecule has 1 atom stereocenters. The van der Waals surface area contributed by atoms with Crippen LogP contribution in [0.2, 0.25) is 0 Å². The van der Waals surface area contributed by atoms with Crippen LogP contribution >= 0.6 is 15.9 Å². The molecule has 0 aliphatic carbocycles. The molecule has 0 spiro atoms. The van der Waals surface area contributed by atoms with E-state index in [1.54, 1.807) is 11.8 Å². The summed E-state index contributed by atoms with van der Waals surface area (Å²) in [5.74, 6) is 0.190. The van der Waals surface area contributed by atoms with E-state index in [4.69, 9.17) is 0 Å². The molecule has 4 nitrogen and oxygen atoms in total. The molecule has 2 rings (SSSR count). The van der Waals surface area contributed by atoms with Gasteiger partial charge in [0.2, 0.25) is 11.8 Å². The van der Waals surface area contributed by atoms with Gasteiger partial charge in [0.05, 0.1) is 6.42 Å². The van der Waals surface area contributed by atoms with Gasteiger partial charge in [0.1, 0.15) is 6.04 Å². The first-order chi connectivity index (χ1) is 13.7. The Balaban J connectivity index is 2.24. The average molecular weight is 459 g/mol. The molecule has 2 aromatic rings. The molecule has 0 aliphatic rings. The smallest absolute Gasteiger partial charge is 0.242 e. The molecule has 5 heteroatoms. The van der Waals surface area contributed by atoms with Crippen LogP contribution < -0.4 is 5.32 Å². The van der Waals surface area contributed by atoms with E-state index in [2.05, 4.69) is 41.2 Å². The second kappa shape index (κ2) is 10.6. The monoisotopic (exact) mass is 458 g/mol. The van der Waals surface area contributed by atoms with Gasteiger partial charge in [0.15, 0.2) is 0 Å². The van der Waals surface area contributed by atoms with E-state index in [-0.39, 0.29) is 18.2 Å². The topological polar surface area (TPSA) is 49.4 Å². The Hall–Kier alpha value is -2.14. The van der Waals surface area contributed by atoms with E-state index in [1.807, 2.05) is 50.2 Å². The number of carbonyl (C=O) groups is 2. The Labute approximate surface area is 182 Å². The van der Waals surface area contributed by atoms with Gasteiger partial charge in [-0.2, -0.15) is 0 Å². The molecule has 0 unspecified atom stereocenters. The minimum Gasteiger partial charge on any atom is -0.354 e. The zero-order valence-electron chi connectivity index (χ0n) is 18.0. The Morgan fingerprint density at radius 2 is 1.69 bits per heavy atom. The average Bonchev–Trinajstić information content (AvgIpc) is 2.67. The SMILES string of the molecule is Cc1ccc(C)c(CC(=O)N(Cc2ccc(Br)cc2)[C@@H](C)C(=O)NCC(C)C)c1. The van der Waals surface area contributed by atoms with E-state index in [0.717, 1.165) is 26.7 Å². The highest BCUT2D eigenvalue weighted by Gasteiger charge is 2.26. The summed E-state index contributed by atoms with van der Waals surface area (Å²) in [6.07, 6.45) is 0.284. The summed E-state index contributed by atoms with van der Waals surface area (Å²) in [4.78, 5) is 27.6. The second-order valence-corrected chi connectivity index (χ2v) is 8.99.